The molecule has 0 aromatic carbocycles. The zero-order valence-electron chi connectivity index (χ0n) is 11.8. The van der Waals surface area contributed by atoms with Crippen molar-refractivity contribution in [3.8, 4) is 0 Å². The number of rotatable bonds is 3. The maximum Gasteiger partial charge on any atom is 0.224 e. The van der Waals surface area contributed by atoms with Crippen molar-refractivity contribution >= 4 is 11.8 Å². The normalized spacial score (nSPS) is 27.9. The molecule has 1 aromatic heterocycles. The molecule has 1 fully saturated rings. The highest BCUT2D eigenvalue weighted by Crippen LogP contribution is 2.31. The van der Waals surface area contributed by atoms with Crippen LogP contribution in [-0.4, -0.2) is 23.1 Å². The Labute approximate surface area is 110 Å². The van der Waals surface area contributed by atoms with Gasteiger partial charge in [-0.15, -0.1) is 0 Å². The van der Waals surface area contributed by atoms with Gasteiger partial charge in [-0.1, -0.05) is 13.8 Å². The molecule has 100 valence electrons. The van der Waals surface area contributed by atoms with Crippen molar-refractivity contribution in [3.05, 3.63) is 11.8 Å². The first kappa shape index (κ1) is 13.1. The van der Waals surface area contributed by atoms with Gasteiger partial charge in [-0.25, -0.2) is 4.98 Å². The molecule has 0 bridgehead atoms. The molecule has 1 heterocycles. The van der Waals surface area contributed by atoms with Crippen molar-refractivity contribution in [3.63, 3.8) is 0 Å². The molecule has 1 saturated carbocycles. The molecular formula is C14H24N4. The highest BCUT2D eigenvalue weighted by atomic mass is 15.1. The van der Waals surface area contributed by atoms with E-state index in [1.54, 1.807) is 0 Å². The Hall–Kier alpha value is -1.32. The molecule has 18 heavy (non-hydrogen) atoms. The lowest BCUT2D eigenvalue weighted by atomic mass is 9.80. The highest BCUT2D eigenvalue weighted by Gasteiger charge is 2.25. The summed E-state index contributed by atoms with van der Waals surface area (Å²) in [7, 11) is 1.85. The van der Waals surface area contributed by atoms with Crippen LogP contribution in [-0.2, 0) is 0 Å². The predicted molar refractivity (Wildman–Crippen MR) is 75.9 cm³/mol. The van der Waals surface area contributed by atoms with Gasteiger partial charge < -0.3 is 10.6 Å². The Kier molecular flexibility index (Phi) is 4.04. The summed E-state index contributed by atoms with van der Waals surface area (Å²) in [6, 6.07) is 0.541. The van der Waals surface area contributed by atoms with E-state index in [0.717, 1.165) is 17.3 Å². The van der Waals surface area contributed by atoms with Crippen LogP contribution in [0, 0.1) is 18.8 Å². The Morgan fingerprint density at radius 1 is 1.28 bits per heavy atom. The quantitative estimate of drug-likeness (QED) is 0.863. The van der Waals surface area contributed by atoms with Crippen molar-refractivity contribution in [2.75, 3.05) is 17.7 Å². The minimum absolute atomic E-state index is 0.541. The van der Waals surface area contributed by atoms with Gasteiger partial charge in [0.15, 0.2) is 0 Å². The average molecular weight is 248 g/mol. The molecule has 0 saturated heterocycles. The fourth-order valence-electron chi connectivity index (χ4n) is 2.76. The third-order valence-electron chi connectivity index (χ3n) is 3.95. The molecule has 3 unspecified atom stereocenters. The van der Waals surface area contributed by atoms with E-state index < -0.39 is 0 Å². The summed E-state index contributed by atoms with van der Waals surface area (Å²) in [6.07, 6.45) is 5.73. The monoisotopic (exact) mass is 248 g/mol. The van der Waals surface area contributed by atoms with Gasteiger partial charge in [0.2, 0.25) is 5.95 Å². The Balaban J connectivity index is 2.08. The SMILES string of the molecule is CNc1ncc(C)c(NC2CCC(C)CC2C)n1. The molecule has 0 amide bonds. The van der Waals surface area contributed by atoms with Crippen LogP contribution in [0.2, 0.25) is 0 Å². The van der Waals surface area contributed by atoms with E-state index in [1.165, 1.54) is 19.3 Å². The maximum atomic E-state index is 4.51. The van der Waals surface area contributed by atoms with Gasteiger partial charge in [0.1, 0.15) is 5.82 Å². The van der Waals surface area contributed by atoms with Gasteiger partial charge in [-0.3, -0.25) is 0 Å². The van der Waals surface area contributed by atoms with Crippen LogP contribution in [0.3, 0.4) is 0 Å². The summed E-state index contributed by atoms with van der Waals surface area (Å²) in [5.74, 6) is 3.22. The highest BCUT2D eigenvalue weighted by molar-refractivity contribution is 5.47. The zero-order chi connectivity index (χ0) is 13.1. The van der Waals surface area contributed by atoms with Crippen LogP contribution in [0.15, 0.2) is 6.20 Å². The van der Waals surface area contributed by atoms with Crippen LogP contribution >= 0.6 is 0 Å². The maximum absolute atomic E-state index is 4.51. The number of anilines is 2. The summed E-state index contributed by atoms with van der Waals surface area (Å²) in [4.78, 5) is 8.72. The van der Waals surface area contributed by atoms with Gasteiger partial charge in [0, 0.05) is 24.8 Å². The van der Waals surface area contributed by atoms with Crippen LogP contribution in [0.25, 0.3) is 0 Å². The zero-order valence-corrected chi connectivity index (χ0v) is 11.8. The molecule has 1 aliphatic carbocycles. The number of hydrogen-bond acceptors (Lipinski definition) is 4. The summed E-state index contributed by atoms with van der Waals surface area (Å²) in [6.45, 7) is 6.74. The van der Waals surface area contributed by atoms with E-state index in [2.05, 4.69) is 41.4 Å². The molecule has 2 N–H and O–H groups in total. The first-order valence-electron chi connectivity index (χ1n) is 6.88. The van der Waals surface area contributed by atoms with Crippen molar-refractivity contribution in [1.29, 1.82) is 0 Å². The Bertz CT molecular complexity index is 405. The van der Waals surface area contributed by atoms with Crippen LogP contribution < -0.4 is 10.6 Å². The van der Waals surface area contributed by atoms with E-state index in [-0.39, 0.29) is 0 Å². The lowest BCUT2D eigenvalue weighted by Crippen LogP contribution is -2.33. The molecule has 1 aromatic rings. The second-order valence-electron chi connectivity index (χ2n) is 5.62. The topological polar surface area (TPSA) is 49.8 Å². The molecule has 2 rings (SSSR count). The number of nitrogens with zero attached hydrogens (tertiary/aromatic N) is 2. The van der Waals surface area contributed by atoms with E-state index in [9.17, 15) is 0 Å². The molecule has 3 atom stereocenters. The van der Waals surface area contributed by atoms with Crippen LogP contribution in [0.5, 0.6) is 0 Å². The lowest BCUT2D eigenvalue weighted by Gasteiger charge is -2.33. The van der Waals surface area contributed by atoms with Crippen LogP contribution in [0.1, 0.15) is 38.7 Å². The van der Waals surface area contributed by atoms with Crippen molar-refractivity contribution in [2.24, 2.45) is 11.8 Å². The van der Waals surface area contributed by atoms with Gasteiger partial charge in [-0.2, -0.15) is 4.98 Å². The van der Waals surface area contributed by atoms with Crippen molar-refractivity contribution in [2.45, 2.75) is 46.1 Å². The van der Waals surface area contributed by atoms with Crippen molar-refractivity contribution in [1.82, 2.24) is 9.97 Å². The lowest BCUT2D eigenvalue weighted by molar-refractivity contribution is 0.276. The Morgan fingerprint density at radius 3 is 2.72 bits per heavy atom. The first-order valence-corrected chi connectivity index (χ1v) is 6.88. The molecule has 0 spiro atoms. The third kappa shape index (κ3) is 2.92. The molecule has 0 radical (unpaired) electrons. The van der Waals surface area contributed by atoms with E-state index in [1.807, 2.05) is 13.2 Å². The molecule has 4 nitrogen and oxygen atoms in total. The standard InChI is InChI=1S/C14H24N4/c1-9-5-6-12(10(2)7-9)17-13-11(3)8-16-14(15-4)18-13/h8-10,12H,5-7H2,1-4H3,(H2,15,16,17,18). The summed E-state index contributed by atoms with van der Waals surface area (Å²) >= 11 is 0. The smallest absolute Gasteiger partial charge is 0.224 e. The second-order valence-corrected chi connectivity index (χ2v) is 5.62. The molecule has 0 aliphatic heterocycles. The van der Waals surface area contributed by atoms with Gasteiger partial charge in [0.05, 0.1) is 0 Å². The van der Waals surface area contributed by atoms with E-state index in [4.69, 9.17) is 0 Å². The molecular weight excluding hydrogens is 224 g/mol. The average Bonchev–Trinajstić information content (AvgIpc) is 2.35. The molecule has 4 heteroatoms. The predicted octanol–water partition coefficient (Wildman–Crippen LogP) is 3.06. The molecule has 1 aliphatic rings. The fourth-order valence-corrected chi connectivity index (χ4v) is 2.76. The number of nitrogens with one attached hydrogen (secondary N) is 2. The number of aromatic nitrogens is 2. The summed E-state index contributed by atoms with van der Waals surface area (Å²) < 4.78 is 0. The Morgan fingerprint density at radius 2 is 2.06 bits per heavy atom. The minimum Gasteiger partial charge on any atom is -0.367 e. The van der Waals surface area contributed by atoms with E-state index >= 15 is 0 Å². The first-order chi connectivity index (χ1) is 8.60. The van der Waals surface area contributed by atoms with E-state index in [0.29, 0.717) is 17.9 Å². The number of hydrogen-bond donors (Lipinski definition) is 2. The largest absolute Gasteiger partial charge is 0.367 e. The minimum atomic E-state index is 0.541. The summed E-state index contributed by atoms with van der Waals surface area (Å²) in [5, 5.41) is 6.59. The van der Waals surface area contributed by atoms with Crippen LogP contribution in [0.4, 0.5) is 11.8 Å². The summed E-state index contributed by atoms with van der Waals surface area (Å²) in [5.41, 5.74) is 1.11. The van der Waals surface area contributed by atoms with Gasteiger partial charge in [-0.05, 0) is 38.0 Å². The second kappa shape index (κ2) is 5.55. The van der Waals surface area contributed by atoms with Gasteiger partial charge >= 0.3 is 0 Å². The van der Waals surface area contributed by atoms with Crippen molar-refractivity contribution < 1.29 is 0 Å². The van der Waals surface area contributed by atoms with Gasteiger partial charge in [0.25, 0.3) is 0 Å². The number of aryl methyl sites for hydroxylation is 1. The fraction of sp³-hybridized carbons (Fsp3) is 0.714. The third-order valence-corrected chi connectivity index (χ3v) is 3.95.